The van der Waals surface area contributed by atoms with E-state index in [1.807, 2.05) is 19.3 Å². The van der Waals surface area contributed by atoms with E-state index in [9.17, 15) is 13.2 Å². The Labute approximate surface area is 172 Å². The van der Waals surface area contributed by atoms with E-state index in [4.69, 9.17) is 9.90 Å². The van der Waals surface area contributed by atoms with Crippen LogP contribution in [-0.2, 0) is 11.2 Å². The van der Waals surface area contributed by atoms with E-state index < -0.39 is 12.1 Å². The molecule has 3 N–H and O–H groups in total. The van der Waals surface area contributed by atoms with Crippen LogP contribution in [0.25, 0.3) is 10.9 Å². The number of carbonyl (C=O) groups is 1. The molecule has 0 fully saturated rings. The molecule has 0 radical (unpaired) electrons. The van der Waals surface area contributed by atoms with Crippen LogP contribution in [0.1, 0.15) is 41.2 Å². The molecule has 0 aliphatic rings. The fourth-order valence-electron chi connectivity index (χ4n) is 3.03. The van der Waals surface area contributed by atoms with E-state index in [2.05, 4.69) is 59.2 Å². The maximum absolute atomic E-state index is 10.6. The molecule has 162 valence electrons. The number of hydrogen-bond acceptors (Lipinski definition) is 4. The summed E-state index contributed by atoms with van der Waals surface area (Å²) in [6, 6.07) is 6.75. The molecule has 0 spiro atoms. The topological polar surface area (TPSA) is 90.9 Å². The molecule has 0 aliphatic heterocycles. The summed E-state index contributed by atoms with van der Waals surface area (Å²) in [7, 11) is 0. The normalized spacial score (nSPS) is 12.4. The lowest BCUT2D eigenvalue weighted by Gasteiger charge is -2.13. The fraction of sp³-hybridized carbons (Fsp3) is 0.381. The lowest BCUT2D eigenvalue weighted by atomic mass is 10.1. The van der Waals surface area contributed by atoms with E-state index in [0.29, 0.717) is 0 Å². The molecule has 1 atom stereocenters. The summed E-state index contributed by atoms with van der Waals surface area (Å²) in [4.78, 5) is 21.0. The molecule has 30 heavy (non-hydrogen) atoms. The highest BCUT2D eigenvalue weighted by molar-refractivity contribution is 5.87. The van der Waals surface area contributed by atoms with Crippen LogP contribution in [0.5, 0.6) is 0 Å². The van der Waals surface area contributed by atoms with Crippen LogP contribution >= 0.6 is 0 Å². The quantitative estimate of drug-likeness (QED) is 0.567. The van der Waals surface area contributed by atoms with Crippen molar-refractivity contribution in [1.82, 2.24) is 20.3 Å². The number of benzene rings is 1. The number of nitrogens with one attached hydrogen (secondary N) is 2. The molecule has 2 heterocycles. The third kappa shape index (κ3) is 6.03. The van der Waals surface area contributed by atoms with Gasteiger partial charge in [-0.1, -0.05) is 18.2 Å². The summed E-state index contributed by atoms with van der Waals surface area (Å²) in [6.45, 7) is 9.30. The number of fused-ring (bicyclic) bond motifs is 1. The predicted octanol–water partition coefficient (Wildman–Crippen LogP) is 4.41. The molecule has 3 aromatic rings. The number of carboxylic acid groups (broad SMARTS) is 1. The second kappa shape index (κ2) is 9.71. The largest absolute Gasteiger partial charge is 0.490 e. The van der Waals surface area contributed by atoms with Gasteiger partial charge in [0.05, 0.1) is 0 Å². The summed E-state index contributed by atoms with van der Waals surface area (Å²) in [6.07, 6.45) is -0.271. The third-order valence-corrected chi connectivity index (χ3v) is 4.73. The summed E-state index contributed by atoms with van der Waals surface area (Å²) < 4.78 is 31.7. The Morgan fingerprint density at radius 2 is 1.80 bits per heavy atom. The number of aliphatic carboxylic acids is 1. The van der Waals surface area contributed by atoms with Gasteiger partial charge >= 0.3 is 12.1 Å². The van der Waals surface area contributed by atoms with Crippen LogP contribution in [0, 0.1) is 20.8 Å². The maximum Gasteiger partial charge on any atom is 0.490 e. The summed E-state index contributed by atoms with van der Waals surface area (Å²) in [5.41, 5.74) is 6.36. The number of hydrogen-bond donors (Lipinski definition) is 3. The van der Waals surface area contributed by atoms with Crippen molar-refractivity contribution in [2.24, 2.45) is 0 Å². The molecule has 2 aromatic heterocycles. The molecule has 1 aromatic carbocycles. The van der Waals surface area contributed by atoms with E-state index >= 15 is 0 Å². The highest BCUT2D eigenvalue weighted by Gasteiger charge is 2.38. The first-order chi connectivity index (χ1) is 14.0. The first kappa shape index (κ1) is 23.3. The first-order valence-electron chi connectivity index (χ1n) is 9.39. The Bertz CT molecular complexity index is 998. The van der Waals surface area contributed by atoms with Crippen molar-refractivity contribution in [1.29, 1.82) is 0 Å². The zero-order chi connectivity index (χ0) is 22.5. The van der Waals surface area contributed by atoms with Gasteiger partial charge in [-0.05, 0) is 51.8 Å². The number of halogens is 3. The third-order valence-electron chi connectivity index (χ3n) is 4.73. The number of aromatic nitrogens is 3. The summed E-state index contributed by atoms with van der Waals surface area (Å²) in [5, 5.41) is 12.0. The summed E-state index contributed by atoms with van der Waals surface area (Å²) >= 11 is 0. The molecular formula is C21H25F3N4O2. The minimum atomic E-state index is -5.08. The second-order valence-electron chi connectivity index (χ2n) is 7.02. The van der Waals surface area contributed by atoms with Crippen LogP contribution in [0.2, 0.25) is 0 Å². The second-order valence-corrected chi connectivity index (χ2v) is 7.02. The number of alkyl halides is 3. The Hall–Kier alpha value is -2.94. The first-order valence-corrected chi connectivity index (χ1v) is 9.39. The van der Waals surface area contributed by atoms with Crippen LogP contribution in [-0.4, -0.2) is 38.7 Å². The van der Waals surface area contributed by atoms with Gasteiger partial charge in [-0.3, -0.25) is 0 Å². The van der Waals surface area contributed by atoms with Gasteiger partial charge in [0, 0.05) is 40.6 Å². The Kier molecular flexibility index (Phi) is 7.55. The van der Waals surface area contributed by atoms with Gasteiger partial charge in [0.15, 0.2) is 0 Å². The Morgan fingerprint density at radius 1 is 1.20 bits per heavy atom. The minimum Gasteiger partial charge on any atom is -0.475 e. The number of aromatic amines is 1. The molecule has 0 amide bonds. The number of para-hydroxylation sites is 1. The van der Waals surface area contributed by atoms with Crippen molar-refractivity contribution < 1.29 is 23.1 Å². The minimum absolute atomic E-state index is 0.253. The maximum atomic E-state index is 10.6. The highest BCUT2D eigenvalue weighted by atomic mass is 19.4. The van der Waals surface area contributed by atoms with Gasteiger partial charge < -0.3 is 15.4 Å². The van der Waals surface area contributed by atoms with Crippen LogP contribution in [0.3, 0.4) is 0 Å². The van der Waals surface area contributed by atoms with Crippen molar-refractivity contribution in [3.63, 3.8) is 0 Å². The van der Waals surface area contributed by atoms with E-state index in [-0.39, 0.29) is 6.04 Å². The van der Waals surface area contributed by atoms with Gasteiger partial charge in [-0.25, -0.2) is 14.8 Å². The highest BCUT2D eigenvalue weighted by Crippen LogP contribution is 2.25. The molecule has 6 nitrogen and oxygen atoms in total. The van der Waals surface area contributed by atoms with Gasteiger partial charge in [-0.15, -0.1) is 0 Å². The van der Waals surface area contributed by atoms with Gasteiger partial charge in [0.25, 0.3) is 0 Å². The molecular weight excluding hydrogens is 397 g/mol. The van der Waals surface area contributed by atoms with Gasteiger partial charge in [-0.2, -0.15) is 13.2 Å². The summed E-state index contributed by atoms with van der Waals surface area (Å²) in [5.74, 6) is -1.95. The number of H-pyrrole nitrogens is 1. The molecule has 0 saturated heterocycles. The molecule has 0 bridgehead atoms. The van der Waals surface area contributed by atoms with Crippen molar-refractivity contribution >= 4 is 16.9 Å². The van der Waals surface area contributed by atoms with E-state index in [1.165, 1.54) is 27.7 Å². The van der Waals surface area contributed by atoms with Gasteiger partial charge in [0.2, 0.25) is 0 Å². The molecule has 0 saturated carbocycles. The van der Waals surface area contributed by atoms with Crippen LogP contribution in [0.15, 0.2) is 30.6 Å². The SMILES string of the molecule is Cc1ncc(C(C)NCCc2c(C)[nH]c3c(C)cccc23)cn1.O=C(O)C(F)(F)F. The molecule has 0 aliphatic carbocycles. The monoisotopic (exact) mass is 422 g/mol. The smallest absolute Gasteiger partial charge is 0.475 e. The number of carboxylic acids is 1. The lowest BCUT2D eigenvalue weighted by molar-refractivity contribution is -0.192. The number of nitrogens with zero attached hydrogens (tertiary/aromatic N) is 2. The standard InChI is InChI=1S/C19H24N4.C2HF3O2/c1-12-6-5-7-18-17(14(3)23-19(12)18)8-9-20-13(2)16-10-21-15(4)22-11-16;3-2(4,5)1(6)7/h5-7,10-11,13,20,23H,8-9H2,1-4H3;(H,6,7). The van der Waals surface area contributed by atoms with E-state index in [0.717, 1.165) is 24.4 Å². The van der Waals surface area contributed by atoms with Crippen molar-refractivity contribution in [3.8, 4) is 0 Å². The van der Waals surface area contributed by atoms with Crippen molar-refractivity contribution in [2.75, 3.05) is 6.54 Å². The molecule has 9 heteroatoms. The number of rotatable bonds is 5. The van der Waals surface area contributed by atoms with Crippen LogP contribution in [0.4, 0.5) is 13.2 Å². The average molecular weight is 422 g/mol. The van der Waals surface area contributed by atoms with Crippen molar-refractivity contribution in [2.45, 2.75) is 46.3 Å². The van der Waals surface area contributed by atoms with Crippen LogP contribution < -0.4 is 5.32 Å². The average Bonchev–Trinajstić information content (AvgIpc) is 2.99. The molecule has 1 unspecified atom stereocenters. The number of aryl methyl sites for hydroxylation is 3. The van der Waals surface area contributed by atoms with Gasteiger partial charge in [0.1, 0.15) is 5.82 Å². The zero-order valence-electron chi connectivity index (χ0n) is 17.3. The Balaban J connectivity index is 0.000000396. The predicted molar refractivity (Wildman–Crippen MR) is 108 cm³/mol. The fourth-order valence-corrected chi connectivity index (χ4v) is 3.03. The zero-order valence-corrected chi connectivity index (χ0v) is 17.3. The Morgan fingerprint density at radius 3 is 2.37 bits per heavy atom. The van der Waals surface area contributed by atoms with Crippen molar-refractivity contribution in [3.05, 3.63) is 58.8 Å². The van der Waals surface area contributed by atoms with E-state index in [1.54, 1.807) is 0 Å². The lowest BCUT2D eigenvalue weighted by Crippen LogP contribution is -2.21. The molecule has 3 rings (SSSR count).